The van der Waals surface area contributed by atoms with Crippen molar-refractivity contribution in [3.05, 3.63) is 59.5 Å². The molecule has 1 fully saturated rings. The molecule has 0 spiro atoms. The molecule has 3 rings (SSSR count). The van der Waals surface area contributed by atoms with Crippen LogP contribution in [-0.4, -0.2) is 29.9 Å². The number of piperidine rings is 1. The van der Waals surface area contributed by atoms with Crippen molar-refractivity contribution in [3.63, 3.8) is 0 Å². The molecule has 2 heterocycles. The van der Waals surface area contributed by atoms with Crippen LogP contribution in [0.2, 0.25) is 0 Å². The van der Waals surface area contributed by atoms with Crippen LogP contribution < -0.4 is 11.1 Å². The lowest BCUT2D eigenvalue weighted by atomic mass is 10.0. The van der Waals surface area contributed by atoms with Crippen LogP contribution in [0.15, 0.2) is 47.1 Å². The lowest BCUT2D eigenvalue weighted by molar-refractivity contribution is 0.0907. The van der Waals surface area contributed by atoms with Gasteiger partial charge in [-0.2, -0.15) is 0 Å². The van der Waals surface area contributed by atoms with Gasteiger partial charge in [-0.3, -0.25) is 9.69 Å². The first-order valence-corrected chi connectivity index (χ1v) is 8.60. The molecule has 1 saturated heterocycles. The van der Waals surface area contributed by atoms with Gasteiger partial charge in [-0.1, -0.05) is 36.8 Å². The van der Waals surface area contributed by atoms with E-state index in [0.717, 1.165) is 19.5 Å². The first-order chi connectivity index (χ1) is 11.8. The van der Waals surface area contributed by atoms with Crippen LogP contribution in [0.5, 0.6) is 0 Å². The quantitative estimate of drug-likeness (QED) is 0.780. The Labute approximate surface area is 167 Å². The molecule has 1 aliphatic heterocycles. The fraction of sp³-hybridized carbons (Fsp3) is 0.421. The van der Waals surface area contributed by atoms with Gasteiger partial charge >= 0.3 is 0 Å². The monoisotopic (exact) mass is 399 g/mol. The number of hydrogen-bond acceptors (Lipinski definition) is 4. The number of furan rings is 1. The maximum atomic E-state index is 12.3. The summed E-state index contributed by atoms with van der Waals surface area (Å²) in [7, 11) is 0. The second-order valence-electron chi connectivity index (χ2n) is 6.32. The van der Waals surface area contributed by atoms with Crippen molar-refractivity contribution < 1.29 is 9.21 Å². The van der Waals surface area contributed by atoms with Gasteiger partial charge in [0.2, 0.25) is 0 Å². The highest BCUT2D eigenvalue weighted by Crippen LogP contribution is 2.19. The number of rotatable bonds is 6. The van der Waals surface area contributed by atoms with Crippen LogP contribution in [0, 0.1) is 0 Å². The van der Waals surface area contributed by atoms with Crippen LogP contribution in [0.25, 0.3) is 0 Å². The molecule has 1 aliphatic rings. The molecule has 1 aromatic carbocycles. The normalized spacial score (nSPS) is 17.0. The summed E-state index contributed by atoms with van der Waals surface area (Å²) in [6.45, 7) is 2.98. The average Bonchev–Trinajstić information content (AvgIpc) is 3.11. The molecule has 1 amide bonds. The minimum atomic E-state index is -0.0938. The Morgan fingerprint density at radius 2 is 2.00 bits per heavy atom. The molecule has 0 radical (unpaired) electrons. The fourth-order valence-corrected chi connectivity index (χ4v) is 3.24. The van der Waals surface area contributed by atoms with E-state index in [1.165, 1.54) is 24.7 Å². The molecule has 1 atom stereocenters. The van der Waals surface area contributed by atoms with Crippen molar-refractivity contribution in [2.24, 2.45) is 5.73 Å². The summed E-state index contributed by atoms with van der Waals surface area (Å²) in [5, 5.41) is 3.04. The van der Waals surface area contributed by atoms with E-state index in [9.17, 15) is 4.79 Å². The lowest BCUT2D eigenvalue weighted by Gasteiger charge is -2.35. The maximum Gasteiger partial charge on any atom is 0.254 e. The van der Waals surface area contributed by atoms with Crippen LogP contribution in [0.3, 0.4) is 0 Å². The summed E-state index contributed by atoms with van der Waals surface area (Å²) < 4.78 is 5.23. The zero-order valence-corrected chi connectivity index (χ0v) is 16.4. The summed E-state index contributed by atoms with van der Waals surface area (Å²) in [5.41, 5.74) is 7.37. The fourth-order valence-electron chi connectivity index (χ4n) is 3.24. The third-order valence-corrected chi connectivity index (χ3v) is 4.59. The molecule has 0 aliphatic carbocycles. The first-order valence-electron chi connectivity index (χ1n) is 8.60. The van der Waals surface area contributed by atoms with Crippen LogP contribution in [-0.2, 0) is 13.1 Å². The highest BCUT2D eigenvalue weighted by atomic mass is 35.5. The minimum absolute atomic E-state index is 0. The molecular weight excluding hydrogens is 373 g/mol. The molecule has 5 nitrogen and oxygen atoms in total. The zero-order chi connectivity index (χ0) is 16.8. The highest BCUT2D eigenvalue weighted by molar-refractivity contribution is 5.93. The number of likely N-dealkylation sites (tertiary alicyclic amines) is 1. The van der Waals surface area contributed by atoms with Gasteiger partial charge in [0.05, 0.1) is 12.1 Å². The number of carbonyl (C=O) groups excluding carboxylic acids is 1. The van der Waals surface area contributed by atoms with E-state index >= 15 is 0 Å². The highest BCUT2D eigenvalue weighted by Gasteiger charge is 2.23. The van der Waals surface area contributed by atoms with E-state index in [1.807, 2.05) is 6.07 Å². The standard InChI is InChI=1S/C19H25N3O2.2ClH/c20-11-18-10-16(14-24-18)19(23)21-12-17-8-4-5-9-22(17)13-15-6-2-1-3-7-15;;/h1-3,6-7,10,14,17H,4-5,8-9,11-13,20H2,(H,21,23);2*1H. The van der Waals surface area contributed by atoms with Gasteiger partial charge in [-0.25, -0.2) is 0 Å². The van der Waals surface area contributed by atoms with E-state index in [2.05, 4.69) is 34.5 Å². The Morgan fingerprint density at radius 1 is 1.23 bits per heavy atom. The molecule has 26 heavy (non-hydrogen) atoms. The molecule has 7 heteroatoms. The zero-order valence-electron chi connectivity index (χ0n) is 14.7. The van der Waals surface area contributed by atoms with Crippen LogP contribution in [0.4, 0.5) is 0 Å². The van der Waals surface area contributed by atoms with Crippen LogP contribution in [0.1, 0.15) is 40.9 Å². The van der Waals surface area contributed by atoms with Crippen molar-refractivity contribution in [1.82, 2.24) is 10.2 Å². The van der Waals surface area contributed by atoms with Crippen LogP contribution >= 0.6 is 24.8 Å². The Kier molecular flexibility index (Phi) is 9.73. The summed E-state index contributed by atoms with van der Waals surface area (Å²) in [5.74, 6) is 0.534. The Morgan fingerprint density at radius 3 is 2.69 bits per heavy atom. The third-order valence-electron chi connectivity index (χ3n) is 4.59. The Bertz CT molecular complexity index is 664. The average molecular weight is 400 g/mol. The summed E-state index contributed by atoms with van der Waals surface area (Å²) >= 11 is 0. The van der Waals surface area contributed by atoms with E-state index in [-0.39, 0.29) is 30.7 Å². The number of hydrogen-bond donors (Lipinski definition) is 2. The predicted octanol–water partition coefficient (Wildman–Crippen LogP) is 3.37. The van der Waals surface area contributed by atoms with E-state index < -0.39 is 0 Å². The number of benzene rings is 1. The molecule has 1 aromatic heterocycles. The third kappa shape index (κ3) is 6.02. The van der Waals surface area contributed by atoms with Gasteiger partial charge in [0.1, 0.15) is 12.0 Å². The van der Waals surface area contributed by atoms with E-state index in [4.69, 9.17) is 10.2 Å². The Hall–Kier alpha value is -1.53. The summed E-state index contributed by atoms with van der Waals surface area (Å²) in [4.78, 5) is 14.7. The van der Waals surface area contributed by atoms with Gasteiger partial charge < -0.3 is 15.5 Å². The summed E-state index contributed by atoms with van der Waals surface area (Å²) in [6, 6.07) is 12.6. The smallest absolute Gasteiger partial charge is 0.254 e. The number of nitrogens with zero attached hydrogens (tertiary/aromatic N) is 1. The Balaban J connectivity index is 0.00000169. The molecule has 144 valence electrons. The van der Waals surface area contributed by atoms with Gasteiger partial charge in [-0.15, -0.1) is 24.8 Å². The maximum absolute atomic E-state index is 12.3. The number of halogens is 2. The second-order valence-corrected chi connectivity index (χ2v) is 6.32. The number of amides is 1. The van der Waals surface area contributed by atoms with Crippen molar-refractivity contribution >= 4 is 30.7 Å². The topological polar surface area (TPSA) is 71.5 Å². The van der Waals surface area contributed by atoms with E-state index in [1.54, 1.807) is 6.07 Å². The summed E-state index contributed by atoms with van der Waals surface area (Å²) in [6.07, 6.45) is 5.03. The van der Waals surface area contributed by atoms with Gasteiger partial charge in [0.25, 0.3) is 5.91 Å². The van der Waals surface area contributed by atoms with Gasteiger partial charge in [0.15, 0.2) is 0 Å². The van der Waals surface area contributed by atoms with Gasteiger partial charge in [0, 0.05) is 19.1 Å². The second kappa shape index (κ2) is 11.2. The largest absolute Gasteiger partial charge is 0.467 e. The van der Waals surface area contributed by atoms with Crippen molar-refractivity contribution in [1.29, 1.82) is 0 Å². The first kappa shape index (κ1) is 22.5. The lowest BCUT2D eigenvalue weighted by Crippen LogP contribution is -2.46. The van der Waals surface area contributed by atoms with E-state index in [0.29, 0.717) is 30.5 Å². The molecular formula is C19H27Cl2N3O2. The molecule has 2 aromatic rings. The molecule has 0 saturated carbocycles. The van der Waals surface area contributed by atoms with Crippen molar-refractivity contribution in [3.8, 4) is 0 Å². The molecule has 3 N–H and O–H groups in total. The number of nitrogens with two attached hydrogens (primary N) is 1. The van der Waals surface area contributed by atoms with Crippen molar-refractivity contribution in [2.75, 3.05) is 13.1 Å². The van der Waals surface area contributed by atoms with Crippen molar-refractivity contribution in [2.45, 2.75) is 38.4 Å². The van der Waals surface area contributed by atoms with Gasteiger partial charge in [-0.05, 0) is 31.0 Å². The molecule has 0 bridgehead atoms. The molecule has 1 unspecified atom stereocenters. The minimum Gasteiger partial charge on any atom is -0.467 e. The predicted molar refractivity (Wildman–Crippen MR) is 108 cm³/mol. The number of carbonyl (C=O) groups is 1. The number of nitrogens with one attached hydrogen (secondary N) is 1. The SMILES string of the molecule is Cl.Cl.NCc1cc(C(=O)NCC2CCCCN2Cc2ccccc2)co1.